The predicted octanol–water partition coefficient (Wildman–Crippen LogP) is 2.32. The Hall–Kier alpha value is -2.95. The van der Waals surface area contributed by atoms with Crippen molar-refractivity contribution in [2.24, 2.45) is 0 Å². The van der Waals surface area contributed by atoms with E-state index < -0.39 is 0 Å². The van der Waals surface area contributed by atoms with Gasteiger partial charge in [0.05, 0.1) is 43.8 Å². The molecule has 25 heavy (non-hydrogen) atoms. The number of rotatable bonds is 5. The third-order valence-electron chi connectivity index (χ3n) is 4.20. The molecular weight excluding hydrogens is 318 g/mol. The molecule has 7 heteroatoms. The van der Waals surface area contributed by atoms with E-state index in [9.17, 15) is 5.26 Å². The Kier molecular flexibility index (Phi) is 4.29. The Morgan fingerprint density at radius 3 is 2.96 bits per heavy atom. The zero-order valence-corrected chi connectivity index (χ0v) is 13.6. The summed E-state index contributed by atoms with van der Waals surface area (Å²) in [6.45, 7) is 2.63. The Morgan fingerprint density at radius 2 is 2.12 bits per heavy atom. The average molecular weight is 335 g/mol. The van der Waals surface area contributed by atoms with Crippen LogP contribution in [-0.2, 0) is 17.8 Å². The van der Waals surface area contributed by atoms with E-state index in [4.69, 9.17) is 9.15 Å². The highest BCUT2D eigenvalue weighted by atomic mass is 16.5. The molecule has 0 radical (unpaired) electrons. The third-order valence-corrected chi connectivity index (χ3v) is 4.20. The van der Waals surface area contributed by atoms with Crippen LogP contribution in [0.3, 0.4) is 0 Å². The molecule has 1 fully saturated rings. The molecule has 4 rings (SSSR count). The van der Waals surface area contributed by atoms with Crippen LogP contribution in [0.4, 0.5) is 0 Å². The summed E-state index contributed by atoms with van der Waals surface area (Å²) in [7, 11) is 0. The molecule has 0 saturated carbocycles. The van der Waals surface area contributed by atoms with Crippen molar-refractivity contribution in [3.8, 4) is 6.07 Å². The maximum atomic E-state index is 9.20. The summed E-state index contributed by atoms with van der Waals surface area (Å²) in [6, 6.07) is 13.5. The minimum Gasteiger partial charge on any atom is -0.468 e. The molecule has 126 valence electrons. The van der Waals surface area contributed by atoms with Gasteiger partial charge in [-0.2, -0.15) is 5.26 Å². The largest absolute Gasteiger partial charge is 0.468 e. The zero-order chi connectivity index (χ0) is 17.1. The van der Waals surface area contributed by atoms with E-state index in [0.29, 0.717) is 25.3 Å². The molecule has 0 bridgehead atoms. The van der Waals surface area contributed by atoms with Crippen molar-refractivity contribution in [3.63, 3.8) is 0 Å². The van der Waals surface area contributed by atoms with Gasteiger partial charge in [-0.05, 0) is 23.8 Å². The van der Waals surface area contributed by atoms with Gasteiger partial charge in [0.15, 0.2) is 6.23 Å². The Labute approximate surface area is 145 Å². The molecule has 1 aromatic carbocycles. The summed E-state index contributed by atoms with van der Waals surface area (Å²) in [6.07, 6.45) is 3.31. The first-order valence-electron chi connectivity index (χ1n) is 8.09. The van der Waals surface area contributed by atoms with Crippen LogP contribution in [0, 0.1) is 11.3 Å². The average Bonchev–Trinajstić information content (AvgIpc) is 3.38. The molecule has 1 aliphatic heterocycles. The van der Waals surface area contributed by atoms with Gasteiger partial charge < -0.3 is 9.15 Å². The number of nitrogens with zero attached hydrogens (tertiary/aromatic N) is 5. The smallest absolute Gasteiger partial charge is 0.157 e. The van der Waals surface area contributed by atoms with Crippen LogP contribution in [0.15, 0.2) is 53.3 Å². The van der Waals surface area contributed by atoms with Crippen molar-refractivity contribution in [3.05, 3.63) is 71.4 Å². The SMILES string of the molecule is N#Cc1ccccc1Cn1cc([C@H]2OCCN2Cc2ccco2)nn1. The van der Waals surface area contributed by atoms with Crippen molar-refractivity contribution in [2.45, 2.75) is 19.3 Å². The van der Waals surface area contributed by atoms with Crippen molar-refractivity contribution >= 4 is 0 Å². The lowest BCUT2D eigenvalue weighted by molar-refractivity contribution is 0.0223. The first-order chi connectivity index (χ1) is 12.3. The van der Waals surface area contributed by atoms with Crippen molar-refractivity contribution in [1.29, 1.82) is 5.26 Å². The van der Waals surface area contributed by atoms with E-state index in [1.54, 1.807) is 17.0 Å². The monoisotopic (exact) mass is 335 g/mol. The van der Waals surface area contributed by atoms with E-state index in [1.807, 2.05) is 36.5 Å². The second-order valence-electron chi connectivity index (χ2n) is 5.88. The topological polar surface area (TPSA) is 80.1 Å². The zero-order valence-electron chi connectivity index (χ0n) is 13.6. The second-order valence-corrected chi connectivity index (χ2v) is 5.88. The molecule has 1 saturated heterocycles. The fourth-order valence-corrected chi connectivity index (χ4v) is 2.99. The standard InChI is InChI=1S/C18H17N5O2/c19-10-14-4-1-2-5-15(14)11-23-13-17(20-21-23)18-22(7-9-25-18)12-16-6-3-8-24-16/h1-6,8,13,18H,7,9,11-12H2/t18-/m1/s1. The summed E-state index contributed by atoms with van der Waals surface area (Å²) in [5.41, 5.74) is 2.33. The first kappa shape index (κ1) is 15.6. The quantitative estimate of drug-likeness (QED) is 0.712. The summed E-state index contributed by atoms with van der Waals surface area (Å²) in [5, 5.41) is 17.7. The second kappa shape index (κ2) is 6.89. The summed E-state index contributed by atoms with van der Waals surface area (Å²) >= 11 is 0. The van der Waals surface area contributed by atoms with Crippen LogP contribution in [0.25, 0.3) is 0 Å². The highest BCUT2D eigenvalue weighted by Crippen LogP contribution is 2.27. The molecule has 1 atom stereocenters. The van der Waals surface area contributed by atoms with Gasteiger partial charge in [-0.1, -0.05) is 23.4 Å². The summed E-state index contributed by atoms with van der Waals surface area (Å²) < 4.78 is 13.0. The van der Waals surface area contributed by atoms with Crippen LogP contribution in [-0.4, -0.2) is 33.0 Å². The van der Waals surface area contributed by atoms with Gasteiger partial charge >= 0.3 is 0 Å². The van der Waals surface area contributed by atoms with Gasteiger partial charge in [-0.15, -0.1) is 5.10 Å². The van der Waals surface area contributed by atoms with Crippen molar-refractivity contribution < 1.29 is 9.15 Å². The van der Waals surface area contributed by atoms with Crippen LogP contribution in [0.2, 0.25) is 0 Å². The van der Waals surface area contributed by atoms with Crippen LogP contribution < -0.4 is 0 Å². The minimum absolute atomic E-state index is 0.231. The molecule has 2 aromatic heterocycles. The summed E-state index contributed by atoms with van der Waals surface area (Å²) in [5.74, 6) is 0.894. The molecule has 0 amide bonds. The van der Waals surface area contributed by atoms with Crippen LogP contribution in [0.5, 0.6) is 0 Å². The lowest BCUT2D eigenvalue weighted by atomic mass is 10.1. The molecule has 0 spiro atoms. The third kappa shape index (κ3) is 3.31. The lowest BCUT2D eigenvalue weighted by Crippen LogP contribution is -2.23. The molecule has 0 aliphatic carbocycles. The Morgan fingerprint density at radius 1 is 1.20 bits per heavy atom. The predicted molar refractivity (Wildman–Crippen MR) is 88.1 cm³/mol. The maximum Gasteiger partial charge on any atom is 0.157 e. The molecule has 1 aliphatic rings. The number of nitriles is 1. The Balaban J connectivity index is 1.49. The molecule has 0 N–H and O–H groups in total. The fraction of sp³-hybridized carbons (Fsp3) is 0.278. The normalized spacial score (nSPS) is 17.6. The molecule has 7 nitrogen and oxygen atoms in total. The number of aromatic nitrogens is 3. The first-order valence-corrected chi connectivity index (χ1v) is 8.09. The molecule has 0 unspecified atom stereocenters. The molecule has 3 heterocycles. The van der Waals surface area contributed by atoms with Gasteiger partial charge in [0, 0.05) is 6.54 Å². The van der Waals surface area contributed by atoms with E-state index in [-0.39, 0.29) is 6.23 Å². The minimum atomic E-state index is -0.231. The Bertz CT molecular complexity index is 881. The van der Waals surface area contributed by atoms with Gasteiger partial charge in [0.1, 0.15) is 11.5 Å². The highest BCUT2D eigenvalue weighted by molar-refractivity contribution is 5.37. The fourth-order valence-electron chi connectivity index (χ4n) is 2.99. The van der Waals surface area contributed by atoms with Crippen molar-refractivity contribution in [1.82, 2.24) is 19.9 Å². The van der Waals surface area contributed by atoms with Crippen LogP contribution >= 0.6 is 0 Å². The number of benzene rings is 1. The van der Waals surface area contributed by atoms with E-state index in [1.165, 1.54) is 0 Å². The van der Waals surface area contributed by atoms with Gasteiger partial charge in [-0.3, -0.25) is 4.90 Å². The van der Waals surface area contributed by atoms with E-state index >= 15 is 0 Å². The van der Waals surface area contributed by atoms with Gasteiger partial charge in [0.25, 0.3) is 0 Å². The maximum absolute atomic E-state index is 9.20. The molecule has 3 aromatic rings. The summed E-state index contributed by atoms with van der Waals surface area (Å²) in [4.78, 5) is 2.16. The lowest BCUT2D eigenvalue weighted by Gasteiger charge is -2.19. The van der Waals surface area contributed by atoms with E-state index in [0.717, 1.165) is 23.6 Å². The number of hydrogen-bond donors (Lipinski definition) is 0. The molecular formula is C18H17N5O2. The van der Waals surface area contributed by atoms with Crippen molar-refractivity contribution in [2.75, 3.05) is 13.2 Å². The highest BCUT2D eigenvalue weighted by Gasteiger charge is 2.30. The van der Waals surface area contributed by atoms with E-state index in [2.05, 4.69) is 21.3 Å². The number of furan rings is 1. The van der Waals surface area contributed by atoms with Gasteiger partial charge in [-0.25, -0.2) is 4.68 Å². The van der Waals surface area contributed by atoms with Crippen LogP contribution in [0.1, 0.15) is 28.8 Å². The number of ether oxygens (including phenoxy) is 1. The van der Waals surface area contributed by atoms with Gasteiger partial charge in [0.2, 0.25) is 0 Å². The number of hydrogen-bond acceptors (Lipinski definition) is 6.